The highest BCUT2D eigenvalue weighted by molar-refractivity contribution is 7.48. The van der Waals surface area contributed by atoms with E-state index in [9.17, 15) is 14.5 Å². The standard InChI is InChI=1S/C18H34O3.C6H18N3O4P/c1-2-3-4-11-14-17(19)15-12-9-7-5-6-8-10-13-16-18(20)21;7-1-4-11-14(10,12-5-2-8)13-6-3-9/h9,12,17,19H,2-8,10-11,13-16H2,1H3,(H,20,21);1-9H2/b12-9-;/t17-;/m1./s1. The Hall–Kier alpha value is -0.840. The molecule has 0 saturated carbocycles. The number of aliphatic carboxylic acids is 1. The fraction of sp³-hybridized carbons (Fsp3) is 0.875. The lowest BCUT2D eigenvalue weighted by Gasteiger charge is -2.16. The second kappa shape index (κ2) is 27.7. The van der Waals surface area contributed by atoms with Crippen molar-refractivity contribution in [1.82, 2.24) is 0 Å². The third-order valence-corrected chi connectivity index (χ3v) is 6.33. The number of aliphatic hydroxyl groups is 1. The van der Waals surface area contributed by atoms with Gasteiger partial charge in [-0.3, -0.25) is 18.4 Å². The van der Waals surface area contributed by atoms with Gasteiger partial charge in [0.25, 0.3) is 0 Å². The van der Waals surface area contributed by atoms with Crippen molar-refractivity contribution in [2.24, 2.45) is 17.2 Å². The minimum atomic E-state index is -3.51. The first-order valence-corrected chi connectivity index (χ1v) is 14.5. The Morgan fingerprint density at radius 1 is 0.829 bits per heavy atom. The van der Waals surface area contributed by atoms with Gasteiger partial charge < -0.3 is 27.4 Å². The molecule has 11 heteroatoms. The van der Waals surface area contributed by atoms with Crippen LogP contribution in [0, 0.1) is 0 Å². The molecule has 0 aliphatic carbocycles. The number of carboxylic acids is 1. The number of carbonyl (C=O) groups is 1. The number of rotatable bonds is 24. The van der Waals surface area contributed by atoms with E-state index in [1.165, 1.54) is 25.7 Å². The zero-order valence-corrected chi connectivity index (χ0v) is 22.7. The lowest BCUT2D eigenvalue weighted by atomic mass is 10.1. The third-order valence-electron chi connectivity index (χ3n) is 4.83. The molecule has 0 fully saturated rings. The van der Waals surface area contributed by atoms with Crippen molar-refractivity contribution in [3.05, 3.63) is 12.2 Å². The highest BCUT2D eigenvalue weighted by atomic mass is 31.2. The van der Waals surface area contributed by atoms with Gasteiger partial charge in [0.1, 0.15) is 0 Å². The molecule has 210 valence electrons. The number of phosphoric acid groups is 1. The number of allylic oxidation sites excluding steroid dienone is 1. The van der Waals surface area contributed by atoms with Gasteiger partial charge >= 0.3 is 13.8 Å². The average Bonchev–Trinajstić information content (AvgIpc) is 2.84. The topological polar surface area (TPSA) is 180 Å². The summed E-state index contributed by atoms with van der Waals surface area (Å²) in [6.07, 6.45) is 17.4. The molecule has 0 rings (SSSR count). The Labute approximate surface area is 212 Å². The first-order chi connectivity index (χ1) is 16.8. The van der Waals surface area contributed by atoms with E-state index in [4.69, 9.17) is 35.9 Å². The molecular formula is C24H52N3O7P. The van der Waals surface area contributed by atoms with Gasteiger partial charge in [-0.15, -0.1) is 0 Å². The summed E-state index contributed by atoms with van der Waals surface area (Å²) >= 11 is 0. The molecule has 0 heterocycles. The summed E-state index contributed by atoms with van der Waals surface area (Å²) in [5, 5.41) is 18.3. The molecule has 1 atom stereocenters. The van der Waals surface area contributed by atoms with E-state index >= 15 is 0 Å². The predicted molar refractivity (Wildman–Crippen MR) is 141 cm³/mol. The second-order valence-corrected chi connectivity index (χ2v) is 9.89. The van der Waals surface area contributed by atoms with E-state index < -0.39 is 13.8 Å². The van der Waals surface area contributed by atoms with Crippen LogP contribution >= 0.6 is 7.82 Å². The van der Waals surface area contributed by atoms with Gasteiger partial charge in [-0.2, -0.15) is 0 Å². The van der Waals surface area contributed by atoms with E-state index in [0.717, 1.165) is 51.4 Å². The molecular weight excluding hydrogens is 473 g/mol. The van der Waals surface area contributed by atoms with Gasteiger partial charge in [0.2, 0.25) is 0 Å². The number of aliphatic hydroxyl groups excluding tert-OH is 1. The number of hydrogen-bond donors (Lipinski definition) is 5. The summed E-state index contributed by atoms with van der Waals surface area (Å²) < 4.78 is 26.2. The molecule has 0 amide bonds. The highest BCUT2D eigenvalue weighted by Gasteiger charge is 2.25. The molecule has 0 aliphatic heterocycles. The van der Waals surface area contributed by atoms with Crippen LogP contribution in [0.3, 0.4) is 0 Å². The third kappa shape index (κ3) is 29.3. The first kappa shape index (κ1) is 36.3. The van der Waals surface area contributed by atoms with Crippen molar-refractivity contribution >= 4 is 13.8 Å². The molecule has 10 nitrogen and oxygen atoms in total. The summed E-state index contributed by atoms with van der Waals surface area (Å²) in [7, 11) is -3.51. The van der Waals surface area contributed by atoms with Crippen LogP contribution < -0.4 is 17.2 Å². The molecule has 0 saturated heterocycles. The molecule has 0 aliphatic rings. The molecule has 0 aromatic carbocycles. The molecule has 0 aromatic rings. The Morgan fingerprint density at radius 2 is 1.34 bits per heavy atom. The van der Waals surface area contributed by atoms with E-state index in [1.807, 2.05) is 0 Å². The molecule has 0 bridgehead atoms. The van der Waals surface area contributed by atoms with Crippen molar-refractivity contribution in [3.8, 4) is 0 Å². The van der Waals surface area contributed by atoms with Crippen LogP contribution in [0.2, 0.25) is 0 Å². The van der Waals surface area contributed by atoms with Crippen LogP contribution in [-0.4, -0.2) is 61.7 Å². The van der Waals surface area contributed by atoms with Gasteiger partial charge in [-0.1, -0.05) is 64.0 Å². The van der Waals surface area contributed by atoms with Crippen molar-refractivity contribution in [1.29, 1.82) is 0 Å². The largest absolute Gasteiger partial charge is 0.481 e. The SMILES string of the molecule is CCCCCC[C@@H](O)C/C=C\CCCCCCCC(=O)O.NCCOP(=O)(OCCN)OCCN. The van der Waals surface area contributed by atoms with E-state index in [2.05, 4.69) is 19.1 Å². The van der Waals surface area contributed by atoms with E-state index in [0.29, 0.717) is 6.42 Å². The van der Waals surface area contributed by atoms with Crippen molar-refractivity contribution in [3.63, 3.8) is 0 Å². The quantitative estimate of drug-likeness (QED) is 0.0699. The van der Waals surface area contributed by atoms with Crippen molar-refractivity contribution in [2.45, 2.75) is 96.5 Å². The maximum atomic E-state index is 11.7. The van der Waals surface area contributed by atoms with Crippen molar-refractivity contribution in [2.75, 3.05) is 39.5 Å². The lowest BCUT2D eigenvalue weighted by molar-refractivity contribution is -0.137. The Balaban J connectivity index is 0. The first-order valence-electron chi connectivity index (χ1n) is 13.0. The summed E-state index contributed by atoms with van der Waals surface area (Å²) in [5.74, 6) is -0.689. The van der Waals surface area contributed by atoms with Crippen molar-refractivity contribution < 1.29 is 33.1 Å². The monoisotopic (exact) mass is 525 g/mol. The fourth-order valence-corrected chi connectivity index (χ4v) is 4.18. The smallest absolute Gasteiger partial charge is 0.474 e. The number of unbranched alkanes of at least 4 members (excludes halogenated alkanes) is 8. The van der Waals surface area contributed by atoms with Crippen LogP contribution in [0.4, 0.5) is 0 Å². The molecule has 0 aromatic heterocycles. The Morgan fingerprint density at radius 3 is 1.86 bits per heavy atom. The number of phosphoric ester groups is 1. The minimum absolute atomic E-state index is 0.104. The number of carboxylic acid groups (broad SMARTS) is 1. The van der Waals surface area contributed by atoms with Gasteiger partial charge in [-0.25, -0.2) is 4.57 Å². The zero-order chi connectivity index (χ0) is 26.6. The van der Waals surface area contributed by atoms with Crippen LogP contribution in [0.25, 0.3) is 0 Å². The van der Waals surface area contributed by atoms with Crippen LogP contribution in [0.5, 0.6) is 0 Å². The molecule has 8 N–H and O–H groups in total. The molecule has 0 spiro atoms. The van der Waals surface area contributed by atoms with Gasteiger partial charge in [0.15, 0.2) is 0 Å². The molecule has 35 heavy (non-hydrogen) atoms. The minimum Gasteiger partial charge on any atom is -0.481 e. The Bertz CT molecular complexity index is 511. The summed E-state index contributed by atoms with van der Waals surface area (Å²) in [4.78, 5) is 10.3. The van der Waals surface area contributed by atoms with E-state index in [-0.39, 0.29) is 45.6 Å². The maximum Gasteiger partial charge on any atom is 0.474 e. The average molecular weight is 526 g/mol. The number of hydrogen-bond acceptors (Lipinski definition) is 9. The fourth-order valence-electron chi connectivity index (χ4n) is 2.97. The van der Waals surface area contributed by atoms with Gasteiger partial charge in [0, 0.05) is 26.1 Å². The highest BCUT2D eigenvalue weighted by Crippen LogP contribution is 2.48. The normalized spacial score (nSPS) is 12.5. The summed E-state index contributed by atoms with van der Waals surface area (Å²) in [6.45, 7) is 3.22. The number of nitrogens with two attached hydrogens (primary N) is 3. The summed E-state index contributed by atoms with van der Waals surface area (Å²) in [5.41, 5.74) is 15.6. The maximum absolute atomic E-state index is 11.7. The van der Waals surface area contributed by atoms with Gasteiger partial charge in [0.05, 0.1) is 25.9 Å². The molecule has 0 radical (unpaired) electrons. The predicted octanol–water partition coefficient (Wildman–Crippen LogP) is 4.10. The second-order valence-electron chi connectivity index (χ2n) is 8.22. The zero-order valence-electron chi connectivity index (χ0n) is 21.8. The molecule has 0 unspecified atom stereocenters. The Kier molecular flexibility index (Phi) is 28.8. The lowest BCUT2D eigenvalue weighted by Crippen LogP contribution is -2.15. The van der Waals surface area contributed by atoms with E-state index in [1.54, 1.807) is 0 Å². The van der Waals surface area contributed by atoms with Crippen LogP contribution in [0.15, 0.2) is 12.2 Å². The van der Waals surface area contributed by atoms with Crippen LogP contribution in [0.1, 0.15) is 90.4 Å². The van der Waals surface area contributed by atoms with Crippen LogP contribution in [-0.2, 0) is 22.9 Å². The van der Waals surface area contributed by atoms with Gasteiger partial charge in [-0.05, 0) is 32.1 Å². The summed E-state index contributed by atoms with van der Waals surface area (Å²) in [6, 6.07) is 0.